The molecule has 0 bridgehead atoms. The minimum absolute atomic E-state index is 0.0587. The maximum atomic E-state index is 11.7. The standard InChI is InChI=1S/C11H10ClNO2/c1-13(2)11-6-9(14)8-4-3-7(12)5-10(8)15-11/h3-6H,1-2H3. The third kappa shape index (κ3) is 1.83. The molecule has 0 amide bonds. The van der Waals surface area contributed by atoms with Crippen LogP contribution >= 0.6 is 11.6 Å². The fourth-order valence-electron chi connectivity index (χ4n) is 1.34. The van der Waals surface area contributed by atoms with Crippen LogP contribution in [0.4, 0.5) is 5.88 Å². The molecule has 2 rings (SSSR count). The number of halogens is 1. The van der Waals surface area contributed by atoms with Gasteiger partial charge in [0.05, 0.1) is 5.39 Å². The van der Waals surface area contributed by atoms with Crippen LogP contribution in [0, 0.1) is 0 Å². The van der Waals surface area contributed by atoms with Crippen molar-refractivity contribution in [2.24, 2.45) is 0 Å². The Morgan fingerprint density at radius 1 is 1.27 bits per heavy atom. The van der Waals surface area contributed by atoms with E-state index in [2.05, 4.69) is 0 Å². The summed E-state index contributed by atoms with van der Waals surface area (Å²) in [6.45, 7) is 0. The van der Waals surface area contributed by atoms with Gasteiger partial charge in [-0.1, -0.05) is 11.6 Å². The van der Waals surface area contributed by atoms with Gasteiger partial charge in [0.25, 0.3) is 0 Å². The summed E-state index contributed by atoms with van der Waals surface area (Å²) in [5.41, 5.74) is 0.454. The van der Waals surface area contributed by atoms with Crippen molar-refractivity contribution < 1.29 is 4.42 Å². The van der Waals surface area contributed by atoms with Gasteiger partial charge in [-0.3, -0.25) is 4.79 Å². The highest BCUT2D eigenvalue weighted by molar-refractivity contribution is 6.31. The Balaban J connectivity index is 2.80. The molecule has 0 unspecified atom stereocenters. The molecule has 0 aliphatic rings. The largest absolute Gasteiger partial charge is 0.440 e. The van der Waals surface area contributed by atoms with Crippen molar-refractivity contribution in [3.05, 3.63) is 39.5 Å². The third-order valence-electron chi connectivity index (χ3n) is 2.12. The smallest absolute Gasteiger partial charge is 0.199 e. The molecule has 1 aromatic carbocycles. The van der Waals surface area contributed by atoms with Crippen LogP contribution in [-0.4, -0.2) is 14.1 Å². The van der Waals surface area contributed by atoms with Gasteiger partial charge in [-0.15, -0.1) is 0 Å². The van der Waals surface area contributed by atoms with Crippen molar-refractivity contribution in [3.63, 3.8) is 0 Å². The first kappa shape index (κ1) is 10.1. The summed E-state index contributed by atoms with van der Waals surface area (Å²) in [6.07, 6.45) is 0. The Bertz CT molecular complexity index is 560. The van der Waals surface area contributed by atoms with E-state index in [0.717, 1.165) is 0 Å². The fourth-order valence-corrected chi connectivity index (χ4v) is 1.50. The highest BCUT2D eigenvalue weighted by Crippen LogP contribution is 2.20. The van der Waals surface area contributed by atoms with Gasteiger partial charge in [0, 0.05) is 31.3 Å². The average molecular weight is 224 g/mol. The molecule has 1 heterocycles. The molecule has 0 aliphatic heterocycles. The van der Waals surface area contributed by atoms with Gasteiger partial charge < -0.3 is 9.32 Å². The van der Waals surface area contributed by atoms with Gasteiger partial charge in [0.1, 0.15) is 5.58 Å². The van der Waals surface area contributed by atoms with Gasteiger partial charge >= 0.3 is 0 Å². The lowest BCUT2D eigenvalue weighted by Gasteiger charge is -2.10. The molecule has 0 aliphatic carbocycles. The zero-order valence-corrected chi connectivity index (χ0v) is 9.21. The Morgan fingerprint density at radius 3 is 2.67 bits per heavy atom. The zero-order valence-electron chi connectivity index (χ0n) is 8.45. The van der Waals surface area contributed by atoms with Crippen LogP contribution in [-0.2, 0) is 0 Å². The second-order valence-electron chi connectivity index (χ2n) is 3.48. The SMILES string of the molecule is CN(C)c1cc(=O)c2ccc(Cl)cc2o1. The number of hydrogen-bond acceptors (Lipinski definition) is 3. The Kier molecular flexibility index (Phi) is 2.40. The monoisotopic (exact) mass is 223 g/mol. The second kappa shape index (κ2) is 3.59. The number of nitrogens with zero attached hydrogens (tertiary/aromatic N) is 1. The highest BCUT2D eigenvalue weighted by atomic mass is 35.5. The number of rotatable bonds is 1. The molecule has 1 aromatic heterocycles. The topological polar surface area (TPSA) is 33.5 Å². The number of benzene rings is 1. The molecule has 0 saturated heterocycles. The Labute approximate surface area is 91.9 Å². The molecule has 0 N–H and O–H groups in total. The predicted molar refractivity (Wildman–Crippen MR) is 61.8 cm³/mol. The van der Waals surface area contributed by atoms with Crippen LogP contribution in [0.15, 0.2) is 33.5 Å². The normalized spacial score (nSPS) is 10.6. The molecule has 0 fully saturated rings. The van der Waals surface area contributed by atoms with Crippen LogP contribution in [0.25, 0.3) is 11.0 Å². The Morgan fingerprint density at radius 2 is 2.00 bits per heavy atom. The summed E-state index contributed by atoms with van der Waals surface area (Å²) >= 11 is 5.83. The lowest BCUT2D eigenvalue weighted by molar-refractivity contribution is 0.597. The molecule has 0 spiro atoms. The molecule has 3 nitrogen and oxygen atoms in total. The van der Waals surface area contributed by atoms with Crippen molar-refractivity contribution in [1.82, 2.24) is 0 Å². The summed E-state index contributed by atoms with van der Waals surface area (Å²) in [4.78, 5) is 13.4. The Hall–Kier alpha value is -1.48. The summed E-state index contributed by atoms with van der Waals surface area (Å²) in [5.74, 6) is 0.523. The van der Waals surface area contributed by atoms with E-state index < -0.39 is 0 Å². The predicted octanol–water partition coefficient (Wildman–Crippen LogP) is 2.51. The molecule has 0 atom stereocenters. The molecular weight excluding hydrogens is 214 g/mol. The quantitative estimate of drug-likeness (QED) is 0.745. The van der Waals surface area contributed by atoms with Crippen molar-refractivity contribution in [3.8, 4) is 0 Å². The molecule has 15 heavy (non-hydrogen) atoms. The van der Waals surface area contributed by atoms with Crippen LogP contribution in [0.3, 0.4) is 0 Å². The van der Waals surface area contributed by atoms with Crippen LogP contribution in [0.5, 0.6) is 0 Å². The van der Waals surface area contributed by atoms with Gasteiger partial charge in [0.15, 0.2) is 11.3 Å². The first-order chi connectivity index (χ1) is 7.08. The molecular formula is C11H10ClNO2. The lowest BCUT2D eigenvalue weighted by atomic mass is 10.2. The summed E-state index contributed by atoms with van der Waals surface area (Å²) in [5, 5.41) is 1.10. The van der Waals surface area contributed by atoms with Crippen molar-refractivity contribution in [1.29, 1.82) is 0 Å². The molecule has 0 saturated carbocycles. The average Bonchev–Trinajstić information content (AvgIpc) is 2.16. The minimum Gasteiger partial charge on any atom is -0.440 e. The van der Waals surface area contributed by atoms with E-state index in [1.165, 1.54) is 6.07 Å². The van der Waals surface area contributed by atoms with E-state index in [9.17, 15) is 4.79 Å². The summed E-state index contributed by atoms with van der Waals surface area (Å²) < 4.78 is 5.53. The van der Waals surface area contributed by atoms with E-state index in [-0.39, 0.29) is 5.43 Å². The van der Waals surface area contributed by atoms with Crippen LogP contribution in [0.1, 0.15) is 0 Å². The van der Waals surface area contributed by atoms with E-state index in [0.29, 0.717) is 21.9 Å². The molecule has 2 aromatic rings. The zero-order chi connectivity index (χ0) is 11.0. The maximum absolute atomic E-state index is 11.7. The summed E-state index contributed by atoms with van der Waals surface area (Å²) in [7, 11) is 3.63. The second-order valence-corrected chi connectivity index (χ2v) is 3.92. The van der Waals surface area contributed by atoms with Gasteiger partial charge in [0.2, 0.25) is 0 Å². The van der Waals surface area contributed by atoms with E-state index in [4.69, 9.17) is 16.0 Å². The number of anilines is 1. The van der Waals surface area contributed by atoms with Crippen LogP contribution in [0.2, 0.25) is 5.02 Å². The fraction of sp³-hybridized carbons (Fsp3) is 0.182. The van der Waals surface area contributed by atoms with E-state index in [1.807, 2.05) is 14.1 Å². The molecule has 4 heteroatoms. The van der Waals surface area contributed by atoms with Crippen molar-refractivity contribution >= 4 is 28.5 Å². The van der Waals surface area contributed by atoms with Gasteiger partial charge in [-0.2, -0.15) is 0 Å². The third-order valence-corrected chi connectivity index (χ3v) is 2.35. The van der Waals surface area contributed by atoms with Gasteiger partial charge in [-0.05, 0) is 12.1 Å². The first-order valence-electron chi connectivity index (χ1n) is 4.48. The first-order valence-corrected chi connectivity index (χ1v) is 4.86. The summed E-state index contributed by atoms with van der Waals surface area (Å²) in [6, 6.07) is 6.46. The van der Waals surface area contributed by atoms with Crippen molar-refractivity contribution in [2.45, 2.75) is 0 Å². The van der Waals surface area contributed by atoms with E-state index >= 15 is 0 Å². The van der Waals surface area contributed by atoms with Gasteiger partial charge in [-0.25, -0.2) is 0 Å². The number of fused-ring (bicyclic) bond motifs is 1. The van der Waals surface area contributed by atoms with Crippen LogP contribution < -0.4 is 10.3 Å². The van der Waals surface area contributed by atoms with E-state index in [1.54, 1.807) is 23.1 Å². The lowest BCUT2D eigenvalue weighted by Crippen LogP contribution is -2.12. The molecule has 0 radical (unpaired) electrons. The minimum atomic E-state index is -0.0587. The maximum Gasteiger partial charge on any atom is 0.199 e. The number of hydrogen-bond donors (Lipinski definition) is 0. The van der Waals surface area contributed by atoms with Crippen molar-refractivity contribution in [2.75, 3.05) is 19.0 Å². The highest BCUT2D eigenvalue weighted by Gasteiger charge is 2.06. The molecule has 78 valence electrons.